The van der Waals surface area contributed by atoms with E-state index in [2.05, 4.69) is 5.32 Å². The topological polar surface area (TPSA) is 88.6 Å². The number of amides is 2. The Morgan fingerprint density at radius 2 is 2.35 bits per heavy atom. The van der Waals surface area contributed by atoms with Gasteiger partial charge in [-0.2, -0.15) is 0 Å². The minimum Gasteiger partial charge on any atom is -0.455 e. The summed E-state index contributed by atoms with van der Waals surface area (Å²) < 4.78 is 5.28. The van der Waals surface area contributed by atoms with Crippen molar-refractivity contribution < 1.29 is 14.0 Å². The van der Waals surface area contributed by atoms with Crippen molar-refractivity contribution >= 4 is 11.8 Å². The van der Waals surface area contributed by atoms with Gasteiger partial charge in [-0.05, 0) is 18.6 Å². The monoisotopic (exact) mass is 237 g/mol. The van der Waals surface area contributed by atoms with E-state index in [9.17, 15) is 9.59 Å². The predicted molar refractivity (Wildman–Crippen MR) is 60.1 cm³/mol. The lowest BCUT2D eigenvalue weighted by molar-refractivity contribution is -0.121. The van der Waals surface area contributed by atoms with Crippen molar-refractivity contribution in [1.29, 1.82) is 0 Å². The lowest BCUT2D eigenvalue weighted by Gasteiger charge is -2.17. The van der Waals surface area contributed by atoms with E-state index in [1.54, 1.807) is 12.1 Å². The molecule has 2 amide bonds. The number of carbonyl (C=O) groups excluding carboxylic acids is 2. The van der Waals surface area contributed by atoms with Crippen LogP contribution in [-0.2, 0) is 11.3 Å². The maximum atomic E-state index is 12.0. The highest BCUT2D eigenvalue weighted by Gasteiger charge is 2.23. The third-order valence-corrected chi connectivity index (χ3v) is 2.62. The third-order valence-electron chi connectivity index (χ3n) is 2.62. The van der Waals surface area contributed by atoms with Crippen LogP contribution in [0.5, 0.6) is 0 Å². The highest BCUT2D eigenvalue weighted by atomic mass is 16.4. The second-order valence-electron chi connectivity index (χ2n) is 3.90. The van der Waals surface area contributed by atoms with Crippen LogP contribution < -0.4 is 11.1 Å². The summed E-state index contributed by atoms with van der Waals surface area (Å²) in [6.45, 7) is 1.50. The lowest BCUT2D eigenvalue weighted by atomic mass is 10.3. The molecule has 1 saturated heterocycles. The molecule has 6 nitrogen and oxygen atoms in total. The first-order chi connectivity index (χ1) is 8.20. The van der Waals surface area contributed by atoms with Gasteiger partial charge in [0.15, 0.2) is 5.76 Å². The fraction of sp³-hybridized carbons (Fsp3) is 0.455. The first-order valence-corrected chi connectivity index (χ1v) is 5.55. The highest BCUT2D eigenvalue weighted by Crippen LogP contribution is 2.11. The Balaban J connectivity index is 2.10. The molecule has 1 aliphatic rings. The van der Waals surface area contributed by atoms with Crippen LogP contribution in [0.2, 0.25) is 0 Å². The van der Waals surface area contributed by atoms with Crippen LogP contribution in [0.15, 0.2) is 16.5 Å². The molecule has 1 aromatic heterocycles. The predicted octanol–water partition coefficient (Wildman–Crippen LogP) is -0.300. The Kier molecular flexibility index (Phi) is 3.43. The fourth-order valence-corrected chi connectivity index (χ4v) is 1.74. The van der Waals surface area contributed by atoms with E-state index in [1.165, 1.54) is 4.90 Å². The van der Waals surface area contributed by atoms with Crippen LogP contribution in [0.1, 0.15) is 22.7 Å². The highest BCUT2D eigenvalue weighted by molar-refractivity contribution is 5.94. The summed E-state index contributed by atoms with van der Waals surface area (Å²) in [5.74, 6) is 0.399. The van der Waals surface area contributed by atoms with Crippen LogP contribution in [-0.4, -0.2) is 36.3 Å². The first kappa shape index (κ1) is 11.7. The van der Waals surface area contributed by atoms with Crippen molar-refractivity contribution in [3.63, 3.8) is 0 Å². The number of carbonyl (C=O) groups is 2. The molecule has 0 aromatic carbocycles. The number of furan rings is 1. The van der Waals surface area contributed by atoms with Gasteiger partial charge in [0.2, 0.25) is 5.91 Å². The summed E-state index contributed by atoms with van der Waals surface area (Å²) >= 11 is 0. The van der Waals surface area contributed by atoms with Gasteiger partial charge in [0.25, 0.3) is 5.91 Å². The smallest absolute Gasteiger partial charge is 0.290 e. The average Bonchev–Trinajstić information content (AvgIpc) is 2.71. The van der Waals surface area contributed by atoms with Crippen molar-refractivity contribution in [2.75, 3.05) is 19.6 Å². The molecule has 1 fully saturated rings. The quantitative estimate of drug-likeness (QED) is 0.739. The summed E-state index contributed by atoms with van der Waals surface area (Å²) in [5, 5.41) is 2.71. The van der Waals surface area contributed by atoms with Gasteiger partial charge in [0.1, 0.15) is 5.76 Å². The molecule has 2 heterocycles. The molecule has 1 aliphatic heterocycles. The Morgan fingerprint density at radius 3 is 3.06 bits per heavy atom. The van der Waals surface area contributed by atoms with Gasteiger partial charge < -0.3 is 20.4 Å². The minimum absolute atomic E-state index is 0.0808. The van der Waals surface area contributed by atoms with Gasteiger partial charge in [-0.3, -0.25) is 9.59 Å². The maximum absolute atomic E-state index is 12.0. The summed E-state index contributed by atoms with van der Waals surface area (Å²) in [7, 11) is 0. The van der Waals surface area contributed by atoms with Crippen LogP contribution in [0.25, 0.3) is 0 Å². The van der Waals surface area contributed by atoms with E-state index < -0.39 is 0 Å². The van der Waals surface area contributed by atoms with E-state index in [4.69, 9.17) is 10.2 Å². The third kappa shape index (κ3) is 2.65. The van der Waals surface area contributed by atoms with Gasteiger partial charge in [0.05, 0.1) is 13.1 Å². The Hall–Kier alpha value is -1.82. The number of hydrogen-bond acceptors (Lipinski definition) is 4. The molecule has 17 heavy (non-hydrogen) atoms. The number of hydrogen-bond donors (Lipinski definition) is 2. The fourth-order valence-electron chi connectivity index (χ4n) is 1.74. The van der Waals surface area contributed by atoms with Gasteiger partial charge in [-0.1, -0.05) is 0 Å². The first-order valence-electron chi connectivity index (χ1n) is 5.55. The van der Waals surface area contributed by atoms with Gasteiger partial charge >= 0.3 is 0 Å². The molecule has 0 unspecified atom stereocenters. The van der Waals surface area contributed by atoms with Crippen LogP contribution in [0, 0.1) is 0 Å². The Morgan fingerprint density at radius 1 is 1.53 bits per heavy atom. The molecular weight excluding hydrogens is 222 g/mol. The molecular formula is C11H15N3O3. The molecule has 6 heteroatoms. The van der Waals surface area contributed by atoms with Crippen molar-refractivity contribution in [2.45, 2.75) is 13.0 Å². The van der Waals surface area contributed by atoms with Gasteiger partial charge in [-0.15, -0.1) is 0 Å². The normalized spacial score (nSPS) is 16.5. The number of nitrogens with zero attached hydrogens (tertiary/aromatic N) is 1. The molecule has 0 spiro atoms. The number of rotatable bonds is 2. The van der Waals surface area contributed by atoms with Crippen molar-refractivity contribution in [3.05, 3.63) is 23.7 Å². The van der Waals surface area contributed by atoms with Gasteiger partial charge in [0, 0.05) is 13.1 Å². The van der Waals surface area contributed by atoms with Crippen LogP contribution in [0.4, 0.5) is 0 Å². The zero-order chi connectivity index (χ0) is 12.3. The SMILES string of the molecule is NCc1ccc(C(=O)N2CCCNC(=O)C2)o1. The van der Waals surface area contributed by atoms with E-state index >= 15 is 0 Å². The molecule has 2 rings (SSSR count). The van der Waals surface area contributed by atoms with Crippen LogP contribution >= 0.6 is 0 Å². The van der Waals surface area contributed by atoms with Crippen molar-refractivity contribution in [1.82, 2.24) is 10.2 Å². The molecule has 3 N–H and O–H groups in total. The number of nitrogens with two attached hydrogens (primary N) is 1. The molecule has 1 aromatic rings. The zero-order valence-corrected chi connectivity index (χ0v) is 9.44. The number of nitrogens with one attached hydrogen (secondary N) is 1. The standard InChI is InChI=1S/C11H15N3O3/c12-6-8-2-3-9(17-8)11(16)14-5-1-4-13-10(15)7-14/h2-3H,1,4-7,12H2,(H,13,15). The summed E-state index contributed by atoms with van der Waals surface area (Å²) in [6, 6.07) is 3.26. The van der Waals surface area contributed by atoms with E-state index in [-0.39, 0.29) is 30.7 Å². The average molecular weight is 237 g/mol. The van der Waals surface area contributed by atoms with E-state index in [0.29, 0.717) is 18.8 Å². The molecule has 0 radical (unpaired) electrons. The van der Waals surface area contributed by atoms with Crippen molar-refractivity contribution in [3.8, 4) is 0 Å². The zero-order valence-electron chi connectivity index (χ0n) is 9.44. The second-order valence-corrected chi connectivity index (χ2v) is 3.90. The van der Waals surface area contributed by atoms with Crippen molar-refractivity contribution in [2.24, 2.45) is 5.73 Å². The van der Waals surface area contributed by atoms with E-state index in [1.807, 2.05) is 0 Å². The summed E-state index contributed by atoms with van der Waals surface area (Å²) in [6.07, 6.45) is 0.752. The van der Waals surface area contributed by atoms with Crippen LogP contribution in [0.3, 0.4) is 0 Å². The second kappa shape index (κ2) is 5.01. The molecule has 0 saturated carbocycles. The summed E-state index contributed by atoms with van der Waals surface area (Å²) in [5.41, 5.74) is 5.41. The molecule has 0 bridgehead atoms. The summed E-state index contributed by atoms with van der Waals surface area (Å²) in [4.78, 5) is 24.9. The molecule has 0 aliphatic carbocycles. The minimum atomic E-state index is -0.262. The van der Waals surface area contributed by atoms with Gasteiger partial charge in [-0.25, -0.2) is 0 Å². The molecule has 0 atom stereocenters. The Labute approximate surface area is 98.7 Å². The maximum Gasteiger partial charge on any atom is 0.290 e. The molecule has 92 valence electrons. The van der Waals surface area contributed by atoms with E-state index in [0.717, 1.165) is 6.42 Å². The Bertz CT molecular complexity index is 427. The largest absolute Gasteiger partial charge is 0.455 e. The lowest BCUT2D eigenvalue weighted by Crippen LogP contribution is -2.37.